The molecule has 8 nitrogen and oxygen atoms in total. The molecule has 192 valence electrons. The Bertz CT molecular complexity index is 1270. The minimum atomic E-state index is 0.00498. The number of anilines is 1. The fourth-order valence-electron chi connectivity index (χ4n) is 4.65. The lowest BCUT2D eigenvalue weighted by Gasteiger charge is -2.28. The van der Waals surface area contributed by atoms with Crippen molar-refractivity contribution >= 4 is 34.5 Å². The first-order chi connectivity index (χ1) is 18.2. The summed E-state index contributed by atoms with van der Waals surface area (Å²) in [4.78, 5) is 24.9. The predicted octanol–water partition coefficient (Wildman–Crippen LogP) is 4.11. The van der Waals surface area contributed by atoms with Crippen molar-refractivity contribution in [3.05, 3.63) is 78.0 Å². The number of carbonyl (C=O) groups excluding carboxylic acids is 1. The molecule has 0 atom stereocenters. The Morgan fingerprint density at radius 2 is 1.70 bits per heavy atom. The summed E-state index contributed by atoms with van der Waals surface area (Å²) in [6.07, 6.45) is 2.22. The maximum absolute atomic E-state index is 13.0. The Morgan fingerprint density at radius 1 is 1.03 bits per heavy atom. The average molecular weight is 517 g/mol. The van der Waals surface area contributed by atoms with Crippen molar-refractivity contribution in [2.45, 2.75) is 31.0 Å². The van der Waals surface area contributed by atoms with Gasteiger partial charge < -0.3 is 15.0 Å². The smallest absolute Gasteiger partial charge is 0.221 e. The molecular formula is C28H32N6O2S. The molecule has 1 aliphatic rings. The van der Waals surface area contributed by atoms with Crippen molar-refractivity contribution in [2.75, 3.05) is 43.5 Å². The van der Waals surface area contributed by atoms with Crippen molar-refractivity contribution in [3.63, 3.8) is 0 Å². The van der Waals surface area contributed by atoms with Gasteiger partial charge >= 0.3 is 0 Å². The molecule has 1 amide bonds. The van der Waals surface area contributed by atoms with Crippen molar-refractivity contribution in [1.29, 1.82) is 0 Å². The molecule has 2 aromatic heterocycles. The highest BCUT2D eigenvalue weighted by Gasteiger charge is 2.21. The number of fused-ring (bicyclic) bond motifs is 1. The minimum absolute atomic E-state index is 0.00498. The summed E-state index contributed by atoms with van der Waals surface area (Å²) < 4.78 is 7.39. The van der Waals surface area contributed by atoms with Crippen LogP contribution in [0.25, 0.3) is 11.0 Å². The second kappa shape index (κ2) is 12.2. The van der Waals surface area contributed by atoms with Gasteiger partial charge in [0.1, 0.15) is 5.82 Å². The summed E-state index contributed by atoms with van der Waals surface area (Å²) >= 11 is 1.62. The molecule has 0 unspecified atom stereocenters. The Labute approximate surface area is 221 Å². The fourth-order valence-corrected chi connectivity index (χ4v) is 5.21. The van der Waals surface area contributed by atoms with Crippen LogP contribution in [0.15, 0.2) is 72.0 Å². The first kappa shape index (κ1) is 25.2. The Kier molecular flexibility index (Phi) is 8.32. The van der Waals surface area contributed by atoms with Gasteiger partial charge in [-0.25, -0.2) is 14.6 Å². The highest BCUT2D eigenvalue weighted by atomic mass is 32.2. The van der Waals surface area contributed by atoms with Gasteiger partial charge in [0, 0.05) is 32.0 Å². The van der Waals surface area contributed by atoms with E-state index >= 15 is 0 Å². The van der Waals surface area contributed by atoms with E-state index in [2.05, 4.69) is 46.5 Å². The van der Waals surface area contributed by atoms with Crippen molar-refractivity contribution < 1.29 is 9.53 Å². The number of thioether (sulfide) groups is 1. The van der Waals surface area contributed by atoms with Gasteiger partial charge in [-0.3, -0.25) is 4.79 Å². The van der Waals surface area contributed by atoms with E-state index in [-0.39, 0.29) is 11.8 Å². The highest BCUT2D eigenvalue weighted by Crippen LogP contribution is 2.29. The molecule has 2 aromatic carbocycles. The number of nitrogens with one attached hydrogen (secondary N) is 1. The number of ether oxygens (including phenoxy) is 1. The van der Waals surface area contributed by atoms with Crippen LogP contribution in [0, 0.1) is 0 Å². The molecule has 1 fully saturated rings. The molecular weight excluding hydrogens is 484 g/mol. The van der Waals surface area contributed by atoms with Crippen LogP contribution in [0.2, 0.25) is 0 Å². The molecule has 0 spiro atoms. The summed E-state index contributed by atoms with van der Waals surface area (Å²) in [7, 11) is 0. The van der Waals surface area contributed by atoms with Crippen molar-refractivity contribution in [2.24, 2.45) is 0 Å². The third kappa shape index (κ3) is 6.11. The van der Waals surface area contributed by atoms with E-state index < -0.39 is 0 Å². The third-order valence-electron chi connectivity index (χ3n) is 6.48. The SMILES string of the molecule is CCSc1nc(N2CCOCC2)c2cnn(CCNC(=O)CC(c3ccccc3)c3ccccc3)c2n1. The number of carbonyl (C=O) groups is 1. The number of aromatic nitrogens is 4. The van der Waals surface area contributed by atoms with E-state index in [1.165, 1.54) is 0 Å². The quantitative estimate of drug-likeness (QED) is 0.251. The Hall–Kier alpha value is -3.43. The largest absolute Gasteiger partial charge is 0.378 e. The number of morpholine rings is 1. The second-order valence-electron chi connectivity index (χ2n) is 8.90. The minimum Gasteiger partial charge on any atom is -0.378 e. The summed E-state index contributed by atoms with van der Waals surface area (Å²) in [6, 6.07) is 20.4. The normalized spacial score (nSPS) is 13.8. The Morgan fingerprint density at radius 3 is 2.35 bits per heavy atom. The van der Waals surface area contributed by atoms with Crippen LogP contribution in [0.5, 0.6) is 0 Å². The number of amides is 1. The van der Waals surface area contributed by atoms with Gasteiger partial charge in [-0.2, -0.15) is 5.10 Å². The van der Waals surface area contributed by atoms with Crippen LogP contribution in [-0.2, 0) is 16.1 Å². The van der Waals surface area contributed by atoms with Crippen LogP contribution < -0.4 is 10.2 Å². The molecule has 0 saturated carbocycles. The highest BCUT2D eigenvalue weighted by molar-refractivity contribution is 7.99. The number of hydrogen-bond acceptors (Lipinski definition) is 7. The molecule has 0 radical (unpaired) electrons. The van der Waals surface area contributed by atoms with E-state index in [4.69, 9.17) is 14.7 Å². The van der Waals surface area contributed by atoms with Gasteiger partial charge in [0.25, 0.3) is 0 Å². The van der Waals surface area contributed by atoms with Gasteiger partial charge in [-0.05, 0) is 16.9 Å². The van der Waals surface area contributed by atoms with Gasteiger partial charge in [0.15, 0.2) is 10.8 Å². The summed E-state index contributed by atoms with van der Waals surface area (Å²) in [5.41, 5.74) is 3.07. The van der Waals surface area contributed by atoms with Gasteiger partial charge in [-0.15, -0.1) is 0 Å². The van der Waals surface area contributed by atoms with Crippen LogP contribution in [0.1, 0.15) is 30.4 Å². The zero-order valence-corrected chi connectivity index (χ0v) is 21.9. The van der Waals surface area contributed by atoms with Crippen LogP contribution in [0.4, 0.5) is 5.82 Å². The summed E-state index contributed by atoms with van der Waals surface area (Å²) in [5.74, 6) is 1.82. The molecule has 1 aliphatic heterocycles. The standard InChI is InChI=1S/C28H32N6O2S/c1-2-37-28-31-26(33-15-17-36-18-16-33)24-20-30-34(27(24)32-28)14-13-29-25(35)19-23(21-9-5-3-6-10-21)22-11-7-4-8-12-22/h3-12,20,23H,2,13-19H2,1H3,(H,29,35). The fraction of sp³-hybridized carbons (Fsp3) is 0.357. The lowest BCUT2D eigenvalue weighted by molar-refractivity contribution is -0.121. The summed E-state index contributed by atoms with van der Waals surface area (Å²) in [5, 5.41) is 9.38. The van der Waals surface area contributed by atoms with Gasteiger partial charge in [-0.1, -0.05) is 79.3 Å². The first-order valence-corrected chi connectivity index (χ1v) is 13.8. The lowest BCUT2D eigenvalue weighted by atomic mass is 9.88. The molecule has 4 aromatic rings. The number of rotatable bonds is 10. The summed E-state index contributed by atoms with van der Waals surface area (Å²) in [6.45, 7) is 6.08. The molecule has 1 N–H and O–H groups in total. The molecule has 5 rings (SSSR count). The van der Waals surface area contributed by atoms with Gasteiger partial charge in [0.05, 0.1) is 31.3 Å². The lowest BCUT2D eigenvalue weighted by Crippen LogP contribution is -2.37. The Balaban J connectivity index is 1.28. The second-order valence-corrected chi connectivity index (χ2v) is 10.1. The molecule has 0 aliphatic carbocycles. The van der Waals surface area contributed by atoms with Crippen molar-refractivity contribution in [3.8, 4) is 0 Å². The zero-order valence-electron chi connectivity index (χ0n) is 21.0. The van der Waals surface area contributed by atoms with Crippen LogP contribution >= 0.6 is 11.8 Å². The molecule has 3 heterocycles. The predicted molar refractivity (Wildman–Crippen MR) is 147 cm³/mol. The van der Waals surface area contributed by atoms with E-state index in [1.807, 2.05) is 47.3 Å². The van der Waals surface area contributed by atoms with Crippen LogP contribution in [0.3, 0.4) is 0 Å². The zero-order chi connectivity index (χ0) is 25.5. The first-order valence-electron chi connectivity index (χ1n) is 12.8. The van der Waals surface area contributed by atoms with E-state index in [9.17, 15) is 4.79 Å². The van der Waals surface area contributed by atoms with E-state index in [0.717, 1.165) is 52.0 Å². The third-order valence-corrected chi connectivity index (χ3v) is 7.21. The van der Waals surface area contributed by atoms with Gasteiger partial charge in [0.2, 0.25) is 5.91 Å². The number of benzene rings is 2. The molecule has 9 heteroatoms. The maximum Gasteiger partial charge on any atom is 0.221 e. The van der Waals surface area contributed by atoms with E-state index in [1.54, 1.807) is 11.8 Å². The molecule has 1 saturated heterocycles. The van der Waals surface area contributed by atoms with Crippen LogP contribution in [-0.4, -0.2) is 64.3 Å². The number of nitrogens with zero attached hydrogens (tertiary/aromatic N) is 5. The monoisotopic (exact) mass is 516 g/mol. The topological polar surface area (TPSA) is 85.2 Å². The van der Waals surface area contributed by atoms with E-state index in [0.29, 0.717) is 32.7 Å². The van der Waals surface area contributed by atoms with Crippen molar-refractivity contribution in [1.82, 2.24) is 25.1 Å². The molecule has 0 bridgehead atoms. The molecule has 37 heavy (non-hydrogen) atoms. The maximum atomic E-state index is 13.0. The number of hydrogen-bond donors (Lipinski definition) is 1. The average Bonchev–Trinajstić information content (AvgIpc) is 3.35.